The molecule has 2 aromatic rings. The quantitative estimate of drug-likeness (QED) is 0.908. The lowest BCUT2D eigenvalue weighted by Gasteiger charge is -2.17. The molecule has 0 fully saturated rings. The van der Waals surface area contributed by atoms with E-state index in [-0.39, 0.29) is 16.6 Å². The zero-order chi connectivity index (χ0) is 15.1. The molecule has 0 saturated carbocycles. The lowest BCUT2D eigenvalue weighted by atomic mass is 10.1. The van der Waals surface area contributed by atoms with E-state index in [9.17, 15) is 18.0 Å². The summed E-state index contributed by atoms with van der Waals surface area (Å²) in [6, 6.07) is 2.88. The number of carboxylic acids is 1. The summed E-state index contributed by atoms with van der Waals surface area (Å²) in [7, 11) is 0. The minimum atomic E-state index is -4.74. The van der Waals surface area contributed by atoms with Crippen LogP contribution in [0.2, 0.25) is 0 Å². The van der Waals surface area contributed by atoms with Crippen molar-refractivity contribution in [2.45, 2.75) is 19.1 Å². The van der Waals surface area contributed by atoms with Crippen LogP contribution in [0.1, 0.15) is 29.1 Å². The van der Waals surface area contributed by atoms with Gasteiger partial charge in [-0.2, -0.15) is 13.2 Å². The molecule has 20 heavy (non-hydrogen) atoms. The van der Waals surface area contributed by atoms with Crippen molar-refractivity contribution in [1.29, 1.82) is 0 Å². The van der Waals surface area contributed by atoms with E-state index in [0.29, 0.717) is 0 Å². The highest BCUT2D eigenvalue weighted by Crippen LogP contribution is 2.34. The molecule has 0 bridgehead atoms. The summed E-state index contributed by atoms with van der Waals surface area (Å²) in [4.78, 5) is 14.6. The van der Waals surface area contributed by atoms with Crippen molar-refractivity contribution in [3.8, 4) is 0 Å². The Bertz CT molecular complexity index is 664. The number of halogens is 3. The van der Waals surface area contributed by atoms with Gasteiger partial charge in [0, 0.05) is 0 Å². The van der Waals surface area contributed by atoms with E-state index < -0.39 is 30.6 Å². The molecule has 1 heterocycles. The molecule has 0 spiro atoms. The molecular formula is C12H11F3N2O3. The molecule has 0 amide bonds. The Balaban J connectivity index is 2.90. The van der Waals surface area contributed by atoms with Crippen LogP contribution in [0.4, 0.5) is 13.2 Å². The number of hydrogen-bond acceptors (Lipinski definition) is 3. The van der Waals surface area contributed by atoms with Crippen LogP contribution in [0.5, 0.6) is 0 Å². The molecule has 0 aliphatic rings. The number of nitrogens with zero attached hydrogens (tertiary/aromatic N) is 2. The van der Waals surface area contributed by atoms with Gasteiger partial charge in [-0.25, -0.2) is 9.78 Å². The number of fused-ring (bicyclic) bond motifs is 1. The maximum atomic E-state index is 13.0. The van der Waals surface area contributed by atoms with Gasteiger partial charge in [-0.05, 0) is 19.1 Å². The lowest BCUT2D eigenvalue weighted by Crippen LogP contribution is -2.20. The molecule has 1 aromatic heterocycles. The van der Waals surface area contributed by atoms with Gasteiger partial charge in [-0.1, -0.05) is 6.07 Å². The number of aliphatic hydroxyl groups excluding tert-OH is 1. The van der Waals surface area contributed by atoms with E-state index in [1.807, 2.05) is 0 Å². The van der Waals surface area contributed by atoms with Crippen molar-refractivity contribution in [3.63, 3.8) is 0 Å². The molecule has 1 atom stereocenters. The number of para-hydroxylation sites is 1. The number of carboxylic acid groups (broad SMARTS) is 1. The van der Waals surface area contributed by atoms with Gasteiger partial charge in [0.25, 0.3) is 0 Å². The van der Waals surface area contributed by atoms with Crippen molar-refractivity contribution in [3.05, 3.63) is 29.6 Å². The van der Waals surface area contributed by atoms with E-state index in [0.717, 1.165) is 4.57 Å². The van der Waals surface area contributed by atoms with Gasteiger partial charge in [0.1, 0.15) is 0 Å². The van der Waals surface area contributed by atoms with Crippen LogP contribution < -0.4 is 0 Å². The maximum Gasteiger partial charge on any atom is 0.449 e. The minimum absolute atomic E-state index is 0.0717. The minimum Gasteiger partial charge on any atom is -0.478 e. The topological polar surface area (TPSA) is 75.3 Å². The first kappa shape index (κ1) is 14.3. The van der Waals surface area contributed by atoms with Crippen LogP contribution in [0.25, 0.3) is 11.0 Å². The first-order chi connectivity index (χ1) is 9.27. The molecule has 0 saturated heterocycles. The average Bonchev–Trinajstić information content (AvgIpc) is 2.76. The number of carbonyl (C=O) groups is 1. The van der Waals surface area contributed by atoms with Gasteiger partial charge in [0.15, 0.2) is 0 Å². The highest BCUT2D eigenvalue weighted by Gasteiger charge is 2.39. The molecule has 2 rings (SSSR count). The number of aromatic carboxylic acids is 1. The molecule has 2 N–H and O–H groups in total. The number of aliphatic hydroxyl groups is 1. The summed E-state index contributed by atoms with van der Waals surface area (Å²) < 4.78 is 39.7. The van der Waals surface area contributed by atoms with Gasteiger partial charge in [-0.15, -0.1) is 0 Å². The Morgan fingerprint density at radius 3 is 2.60 bits per heavy atom. The predicted molar refractivity (Wildman–Crippen MR) is 63.5 cm³/mol. The third-order valence-corrected chi connectivity index (χ3v) is 2.90. The van der Waals surface area contributed by atoms with Crippen molar-refractivity contribution in [1.82, 2.24) is 9.55 Å². The number of imidazole rings is 1. The van der Waals surface area contributed by atoms with E-state index >= 15 is 0 Å². The molecule has 1 aromatic carbocycles. The zero-order valence-corrected chi connectivity index (χ0v) is 10.3. The maximum absolute atomic E-state index is 13.0. The summed E-state index contributed by atoms with van der Waals surface area (Å²) in [5.41, 5.74) is -0.503. The monoisotopic (exact) mass is 288 g/mol. The molecule has 108 valence electrons. The van der Waals surface area contributed by atoms with Crippen LogP contribution in [-0.2, 0) is 6.18 Å². The molecule has 0 radical (unpaired) electrons. The Kier molecular flexibility index (Phi) is 3.43. The van der Waals surface area contributed by atoms with Crippen molar-refractivity contribution < 1.29 is 28.2 Å². The molecular weight excluding hydrogens is 277 g/mol. The first-order valence-electron chi connectivity index (χ1n) is 5.69. The number of alkyl halides is 3. The Morgan fingerprint density at radius 2 is 2.10 bits per heavy atom. The second kappa shape index (κ2) is 4.78. The fraction of sp³-hybridized carbons (Fsp3) is 0.333. The van der Waals surface area contributed by atoms with Crippen molar-refractivity contribution >= 4 is 17.0 Å². The van der Waals surface area contributed by atoms with Gasteiger partial charge >= 0.3 is 12.1 Å². The van der Waals surface area contributed by atoms with Crippen molar-refractivity contribution in [2.24, 2.45) is 0 Å². The second-order valence-electron chi connectivity index (χ2n) is 4.31. The molecule has 5 nitrogen and oxygen atoms in total. The Labute approximate surface area is 111 Å². The number of aromatic nitrogens is 2. The van der Waals surface area contributed by atoms with E-state index in [2.05, 4.69) is 4.98 Å². The summed E-state index contributed by atoms with van der Waals surface area (Å²) in [5.74, 6) is -2.57. The standard InChI is InChI=1S/C12H11F3N2O3/c1-6(5-18)17-9-7(10(19)20)3-2-4-8(9)16-11(17)12(13,14)15/h2-4,6,18H,5H2,1H3,(H,19,20). The van der Waals surface area contributed by atoms with Crippen molar-refractivity contribution in [2.75, 3.05) is 6.61 Å². The third-order valence-electron chi connectivity index (χ3n) is 2.90. The fourth-order valence-electron chi connectivity index (χ4n) is 2.03. The zero-order valence-electron chi connectivity index (χ0n) is 10.3. The van der Waals surface area contributed by atoms with Gasteiger partial charge in [-0.3, -0.25) is 0 Å². The fourth-order valence-corrected chi connectivity index (χ4v) is 2.03. The smallest absolute Gasteiger partial charge is 0.449 e. The second-order valence-corrected chi connectivity index (χ2v) is 4.31. The highest BCUT2D eigenvalue weighted by atomic mass is 19.4. The summed E-state index contributed by atoms with van der Waals surface area (Å²) in [6.45, 7) is 0.789. The first-order valence-corrected chi connectivity index (χ1v) is 5.69. The third kappa shape index (κ3) is 2.22. The molecule has 1 unspecified atom stereocenters. The normalized spacial score (nSPS) is 13.7. The van der Waals surface area contributed by atoms with Crippen LogP contribution in [0.3, 0.4) is 0 Å². The van der Waals surface area contributed by atoms with E-state index in [1.54, 1.807) is 0 Å². The van der Waals surface area contributed by atoms with Gasteiger partial charge < -0.3 is 14.8 Å². The SMILES string of the molecule is CC(CO)n1c(C(F)(F)F)nc2cccc(C(=O)O)c21. The van der Waals surface area contributed by atoms with Gasteiger partial charge in [0.05, 0.1) is 29.2 Å². The van der Waals surface area contributed by atoms with Gasteiger partial charge in [0.2, 0.25) is 5.82 Å². The van der Waals surface area contributed by atoms with Crippen LogP contribution in [0, 0.1) is 0 Å². The molecule has 0 aliphatic carbocycles. The summed E-state index contributed by atoms with van der Waals surface area (Å²) >= 11 is 0. The van der Waals surface area contributed by atoms with E-state index in [4.69, 9.17) is 10.2 Å². The predicted octanol–water partition coefficient (Wildman–Crippen LogP) is 2.31. The average molecular weight is 288 g/mol. The van der Waals surface area contributed by atoms with Crippen LogP contribution in [0.15, 0.2) is 18.2 Å². The Hall–Kier alpha value is -2.09. The molecule has 0 aliphatic heterocycles. The number of rotatable bonds is 3. The van der Waals surface area contributed by atoms with E-state index in [1.165, 1.54) is 25.1 Å². The highest BCUT2D eigenvalue weighted by molar-refractivity contribution is 6.01. The summed E-state index contributed by atoms with van der Waals surface area (Å²) in [6.07, 6.45) is -4.74. The largest absolute Gasteiger partial charge is 0.478 e. The molecule has 8 heteroatoms. The number of hydrogen-bond donors (Lipinski definition) is 2. The van der Waals surface area contributed by atoms with Crippen LogP contribution >= 0.6 is 0 Å². The Morgan fingerprint density at radius 1 is 1.45 bits per heavy atom. The lowest BCUT2D eigenvalue weighted by molar-refractivity contribution is -0.147. The number of benzene rings is 1. The van der Waals surface area contributed by atoms with Crippen LogP contribution in [-0.4, -0.2) is 32.3 Å². The summed E-state index contributed by atoms with van der Waals surface area (Å²) in [5, 5.41) is 18.2.